The van der Waals surface area contributed by atoms with Gasteiger partial charge in [-0.1, -0.05) is 30.3 Å². The van der Waals surface area contributed by atoms with E-state index in [1.54, 1.807) is 47.9 Å². The number of hydrogen-bond acceptors (Lipinski definition) is 4. The molecule has 0 bridgehead atoms. The van der Waals surface area contributed by atoms with E-state index in [-0.39, 0.29) is 23.7 Å². The molecule has 0 aliphatic carbocycles. The second-order valence-electron chi connectivity index (χ2n) is 6.27. The van der Waals surface area contributed by atoms with Gasteiger partial charge in [-0.25, -0.2) is 4.98 Å². The molecule has 0 saturated heterocycles. The number of carbonyl (C=O) groups is 1. The highest BCUT2D eigenvalue weighted by Gasteiger charge is 2.23. The van der Waals surface area contributed by atoms with E-state index >= 15 is 0 Å². The lowest BCUT2D eigenvalue weighted by Crippen LogP contribution is -2.33. The van der Waals surface area contributed by atoms with E-state index in [1.807, 2.05) is 31.2 Å². The predicted molar refractivity (Wildman–Crippen MR) is 106 cm³/mol. The first-order valence-electron chi connectivity index (χ1n) is 8.71. The summed E-state index contributed by atoms with van der Waals surface area (Å²) in [5.74, 6) is -2.13. The number of hydrogen-bond donors (Lipinski definition) is 0. The van der Waals surface area contributed by atoms with Gasteiger partial charge >= 0.3 is 0 Å². The standard InChI is InChI=1S/C20H21F2N3O2S/c1-13(14-8-4-7-11-17(14)27-3)24(2)18(26)12-25-16-10-6-5-9-15(16)23-20(25)28-19(21)22/h4-11,13,19H,12H2,1-3H3. The normalized spacial score (nSPS) is 12.4. The van der Waals surface area contributed by atoms with Crippen LogP contribution in [0.25, 0.3) is 11.0 Å². The fraction of sp³-hybridized carbons (Fsp3) is 0.300. The van der Waals surface area contributed by atoms with Gasteiger partial charge in [0.1, 0.15) is 12.3 Å². The highest BCUT2D eigenvalue weighted by molar-refractivity contribution is 7.99. The van der Waals surface area contributed by atoms with Crippen LogP contribution in [0.4, 0.5) is 8.78 Å². The lowest BCUT2D eigenvalue weighted by molar-refractivity contribution is -0.132. The molecule has 0 aliphatic rings. The number of aromatic nitrogens is 2. The number of benzene rings is 2. The number of halogens is 2. The molecule has 1 aromatic heterocycles. The summed E-state index contributed by atoms with van der Waals surface area (Å²) in [4.78, 5) is 18.8. The van der Waals surface area contributed by atoms with E-state index in [2.05, 4.69) is 4.98 Å². The zero-order valence-electron chi connectivity index (χ0n) is 15.8. The molecule has 0 aliphatic heterocycles. The van der Waals surface area contributed by atoms with Crippen LogP contribution >= 0.6 is 11.8 Å². The maximum atomic E-state index is 13.0. The third kappa shape index (κ3) is 4.11. The number of carbonyl (C=O) groups excluding carboxylic acids is 1. The number of fused-ring (bicyclic) bond motifs is 1. The van der Waals surface area contributed by atoms with E-state index in [1.165, 1.54) is 0 Å². The molecule has 2 aromatic carbocycles. The Morgan fingerprint density at radius 3 is 2.61 bits per heavy atom. The van der Waals surface area contributed by atoms with Crippen molar-refractivity contribution in [3.8, 4) is 5.75 Å². The maximum absolute atomic E-state index is 13.0. The molecule has 1 heterocycles. The van der Waals surface area contributed by atoms with Gasteiger partial charge in [0.2, 0.25) is 5.91 Å². The number of nitrogens with zero attached hydrogens (tertiary/aromatic N) is 3. The highest BCUT2D eigenvalue weighted by atomic mass is 32.2. The van der Waals surface area contributed by atoms with Crippen LogP contribution in [-0.4, -0.2) is 40.3 Å². The van der Waals surface area contributed by atoms with Crippen LogP contribution in [0, 0.1) is 0 Å². The van der Waals surface area contributed by atoms with Crippen molar-refractivity contribution in [3.05, 3.63) is 54.1 Å². The van der Waals surface area contributed by atoms with Crippen molar-refractivity contribution < 1.29 is 18.3 Å². The number of likely N-dealkylation sites (N-methyl/N-ethyl adjacent to an activating group) is 1. The van der Waals surface area contributed by atoms with E-state index in [0.29, 0.717) is 28.5 Å². The van der Waals surface area contributed by atoms with Gasteiger partial charge in [0.25, 0.3) is 5.76 Å². The molecule has 1 unspecified atom stereocenters. The van der Waals surface area contributed by atoms with Crippen molar-refractivity contribution in [2.24, 2.45) is 0 Å². The van der Waals surface area contributed by atoms with Crippen molar-refractivity contribution in [3.63, 3.8) is 0 Å². The molecule has 8 heteroatoms. The fourth-order valence-corrected chi connectivity index (χ4v) is 3.66. The SMILES string of the molecule is COc1ccccc1C(C)N(C)C(=O)Cn1c(SC(F)F)nc2ccccc21. The minimum Gasteiger partial charge on any atom is -0.496 e. The van der Waals surface area contributed by atoms with E-state index in [4.69, 9.17) is 4.74 Å². The molecule has 0 saturated carbocycles. The van der Waals surface area contributed by atoms with Gasteiger partial charge in [0, 0.05) is 12.6 Å². The van der Waals surface area contributed by atoms with E-state index in [9.17, 15) is 13.6 Å². The van der Waals surface area contributed by atoms with Crippen LogP contribution in [0.1, 0.15) is 18.5 Å². The van der Waals surface area contributed by atoms with Gasteiger partial charge in [0.05, 0.1) is 24.2 Å². The number of imidazole rings is 1. The largest absolute Gasteiger partial charge is 0.496 e. The monoisotopic (exact) mass is 405 g/mol. The third-order valence-corrected chi connectivity index (χ3v) is 5.37. The number of alkyl halides is 2. The number of methoxy groups -OCH3 is 1. The summed E-state index contributed by atoms with van der Waals surface area (Å²) in [5.41, 5.74) is 2.11. The predicted octanol–water partition coefficient (Wildman–Crippen LogP) is 4.58. The number of rotatable bonds is 7. The van der Waals surface area contributed by atoms with Crippen molar-refractivity contribution in [1.29, 1.82) is 0 Å². The molecular weight excluding hydrogens is 384 g/mol. The van der Waals surface area contributed by atoms with Crippen molar-refractivity contribution in [2.75, 3.05) is 14.2 Å². The topological polar surface area (TPSA) is 47.4 Å². The molecular formula is C20H21F2N3O2S. The number of ether oxygens (including phenoxy) is 1. The minimum absolute atomic E-state index is 0.0778. The Kier molecular flexibility index (Phi) is 6.18. The van der Waals surface area contributed by atoms with Gasteiger partial charge in [-0.15, -0.1) is 0 Å². The summed E-state index contributed by atoms with van der Waals surface area (Å²) in [7, 11) is 3.28. The first-order chi connectivity index (χ1) is 13.4. The highest BCUT2D eigenvalue weighted by Crippen LogP contribution is 2.30. The Bertz CT molecular complexity index is 977. The molecule has 148 valence electrons. The average molecular weight is 405 g/mol. The van der Waals surface area contributed by atoms with Crippen LogP contribution in [0.2, 0.25) is 0 Å². The Balaban J connectivity index is 1.88. The molecule has 28 heavy (non-hydrogen) atoms. The lowest BCUT2D eigenvalue weighted by Gasteiger charge is -2.27. The average Bonchev–Trinajstić information content (AvgIpc) is 3.03. The molecule has 3 rings (SSSR count). The van der Waals surface area contributed by atoms with E-state index < -0.39 is 5.76 Å². The van der Waals surface area contributed by atoms with Gasteiger partial charge in [-0.05, 0) is 36.9 Å². The Morgan fingerprint density at radius 1 is 1.21 bits per heavy atom. The maximum Gasteiger partial charge on any atom is 0.291 e. The molecule has 0 fully saturated rings. The molecule has 0 N–H and O–H groups in total. The molecule has 5 nitrogen and oxygen atoms in total. The van der Waals surface area contributed by atoms with Crippen LogP contribution in [0.15, 0.2) is 53.7 Å². The van der Waals surface area contributed by atoms with Gasteiger partial charge < -0.3 is 14.2 Å². The van der Waals surface area contributed by atoms with Crippen LogP contribution < -0.4 is 4.74 Å². The molecule has 1 amide bonds. The number of amides is 1. The summed E-state index contributed by atoms with van der Waals surface area (Å²) in [6.07, 6.45) is 0. The third-order valence-electron chi connectivity index (χ3n) is 4.67. The van der Waals surface area contributed by atoms with Gasteiger partial charge in [0.15, 0.2) is 5.16 Å². The summed E-state index contributed by atoms with van der Waals surface area (Å²) >= 11 is 0.343. The Morgan fingerprint density at radius 2 is 1.89 bits per heavy atom. The zero-order valence-corrected chi connectivity index (χ0v) is 16.6. The first-order valence-corrected chi connectivity index (χ1v) is 9.59. The minimum atomic E-state index is -2.61. The zero-order chi connectivity index (χ0) is 20.3. The molecule has 0 spiro atoms. The summed E-state index contributed by atoms with van der Waals surface area (Å²) < 4.78 is 32.8. The van der Waals surface area contributed by atoms with Crippen LogP contribution in [0.5, 0.6) is 5.75 Å². The van der Waals surface area contributed by atoms with E-state index in [0.717, 1.165) is 5.56 Å². The van der Waals surface area contributed by atoms with Crippen molar-refractivity contribution in [1.82, 2.24) is 14.5 Å². The first kappa shape index (κ1) is 20.1. The summed E-state index contributed by atoms with van der Waals surface area (Å²) in [5, 5.41) is 0.128. The number of thioether (sulfide) groups is 1. The smallest absolute Gasteiger partial charge is 0.291 e. The molecule has 1 atom stereocenters. The number of para-hydroxylation sites is 3. The second kappa shape index (κ2) is 8.60. The van der Waals surface area contributed by atoms with Gasteiger partial charge in [-0.2, -0.15) is 8.78 Å². The van der Waals surface area contributed by atoms with Gasteiger partial charge in [-0.3, -0.25) is 4.79 Å². The molecule has 0 radical (unpaired) electrons. The summed E-state index contributed by atoms with van der Waals surface area (Å²) in [6.45, 7) is 1.82. The summed E-state index contributed by atoms with van der Waals surface area (Å²) in [6, 6.07) is 14.3. The lowest BCUT2D eigenvalue weighted by atomic mass is 10.1. The molecule has 3 aromatic rings. The quantitative estimate of drug-likeness (QED) is 0.540. The Labute approximate surface area is 166 Å². The van der Waals surface area contributed by atoms with Crippen molar-refractivity contribution in [2.45, 2.75) is 30.4 Å². The second-order valence-corrected chi connectivity index (χ2v) is 7.23. The van der Waals surface area contributed by atoms with Crippen LogP contribution in [-0.2, 0) is 11.3 Å². The fourth-order valence-electron chi connectivity index (χ4n) is 3.06. The van der Waals surface area contributed by atoms with Crippen molar-refractivity contribution >= 4 is 28.7 Å². The Hall–Kier alpha value is -2.61. The van der Waals surface area contributed by atoms with Crippen LogP contribution in [0.3, 0.4) is 0 Å².